The molecule has 0 saturated heterocycles. The molecule has 1 aromatic carbocycles. The minimum Gasteiger partial charge on any atom is -0.472 e. The van der Waals surface area contributed by atoms with Crippen molar-refractivity contribution in [2.75, 3.05) is 6.54 Å². The third-order valence-corrected chi connectivity index (χ3v) is 4.34. The van der Waals surface area contributed by atoms with Gasteiger partial charge in [-0.25, -0.2) is 21.9 Å². The van der Waals surface area contributed by atoms with Gasteiger partial charge in [-0.15, -0.1) is 0 Å². The zero-order valence-electron chi connectivity index (χ0n) is 10.8. The first-order chi connectivity index (χ1) is 9.92. The summed E-state index contributed by atoms with van der Waals surface area (Å²) in [5.74, 6) is -2.34. The topological polar surface area (TPSA) is 79.5 Å². The standard InChI is InChI=1S/C13H13F2NO4S/c14-10-2-1-3-11(15)13(10)21(18,19)16-6-4-12(17)9-5-7-20-8-9/h1-3,5,7-8,12,16-17H,4,6H2. The van der Waals surface area contributed by atoms with E-state index in [9.17, 15) is 22.3 Å². The van der Waals surface area contributed by atoms with Gasteiger partial charge in [0.2, 0.25) is 10.0 Å². The third kappa shape index (κ3) is 3.66. The number of benzene rings is 1. The number of furan rings is 1. The molecule has 2 rings (SSSR count). The quantitative estimate of drug-likeness (QED) is 0.853. The summed E-state index contributed by atoms with van der Waals surface area (Å²) in [4.78, 5) is -1.03. The van der Waals surface area contributed by atoms with Crippen molar-refractivity contribution in [1.29, 1.82) is 0 Å². The summed E-state index contributed by atoms with van der Waals surface area (Å²) in [6.07, 6.45) is 1.80. The van der Waals surface area contributed by atoms with Gasteiger partial charge in [-0.2, -0.15) is 0 Å². The highest BCUT2D eigenvalue weighted by molar-refractivity contribution is 7.89. The molecule has 114 valence electrons. The largest absolute Gasteiger partial charge is 0.472 e. The number of aliphatic hydroxyl groups is 1. The van der Waals surface area contributed by atoms with Crippen LogP contribution in [-0.2, 0) is 10.0 Å². The molecule has 2 aromatic rings. The van der Waals surface area contributed by atoms with Crippen LogP contribution < -0.4 is 4.72 Å². The van der Waals surface area contributed by atoms with E-state index in [2.05, 4.69) is 4.72 Å². The van der Waals surface area contributed by atoms with Crippen molar-refractivity contribution >= 4 is 10.0 Å². The van der Waals surface area contributed by atoms with Crippen LogP contribution in [0.3, 0.4) is 0 Å². The highest BCUT2D eigenvalue weighted by Crippen LogP contribution is 2.19. The number of rotatable bonds is 6. The van der Waals surface area contributed by atoms with Crippen LogP contribution in [0.5, 0.6) is 0 Å². The Morgan fingerprint density at radius 3 is 2.48 bits per heavy atom. The summed E-state index contributed by atoms with van der Waals surface area (Å²) >= 11 is 0. The van der Waals surface area contributed by atoms with Crippen LogP contribution in [0.15, 0.2) is 46.1 Å². The van der Waals surface area contributed by atoms with Crippen molar-refractivity contribution in [1.82, 2.24) is 4.72 Å². The van der Waals surface area contributed by atoms with E-state index < -0.39 is 32.7 Å². The van der Waals surface area contributed by atoms with Crippen LogP contribution in [0.4, 0.5) is 8.78 Å². The molecule has 0 radical (unpaired) electrons. The predicted octanol–water partition coefficient (Wildman–Crippen LogP) is 1.96. The molecular weight excluding hydrogens is 304 g/mol. The maximum atomic E-state index is 13.4. The maximum absolute atomic E-state index is 13.4. The van der Waals surface area contributed by atoms with E-state index in [0.29, 0.717) is 5.56 Å². The highest BCUT2D eigenvalue weighted by Gasteiger charge is 2.23. The molecule has 21 heavy (non-hydrogen) atoms. The predicted molar refractivity (Wildman–Crippen MR) is 69.8 cm³/mol. The van der Waals surface area contributed by atoms with Gasteiger partial charge in [-0.3, -0.25) is 0 Å². The van der Waals surface area contributed by atoms with Gasteiger partial charge in [0.25, 0.3) is 0 Å². The van der Waals surface area contributed by atoms with Crippen molar-refractivity contribution in [3.63, 3.8) is 0 Å². The maximum Gasteiger partial charge on any atom is 0.246 e. The van der Waals surface area contributed by atoms with E-state index in [4.69, 9.17) is 4.42 Å². The first-order valence-electron chi connectivity index (χ1n) is 6.05. The molecular formula is C13H13F2NO4S. The molecule has 1 aromatic heterocycles. The molecule has 1 heterocycles. The fourth-order valence-corrected chi connectivity index (χ4v) is 2.95. The average Bonchev–Trinajstić information content (AvgIpc) is 2.91. The lowest BCUT2D eigenvalue weighted by atomic mass is 10.1. The number of sulfonamides is 1. The smallest absolute Gasteiger partial charge is 0.246 e. The summed E-state index contributed by atoms with van der Waals surface area (Å²) in [5, 5.41) is 9.74. The Hall–Kier alpha value is -1.77. The molecule has 0 aliphatic rings. The summed E-state index contributed by atoms with van der Waals surface area (Å²) < 4.78 is 57.4. The molecule has 0 aliphatic heterocycles. The fraction of sp³-hybridized carbons (Fsp3) is 0.231. The van der Waals surface area contributed by atoms with Gasteiger partial charge < -0.3 is 9.52 Å². The summed E-state index contributed by atoms with van der Waals surface area (Å²) in [6, 6.07) is 4.33. The molecule has 0 aliphatic carbocycles. The Labute approximate surface area is 120 Å². The Morgan fingerprint density at radius 1 is 1.24 bits per heavy atom. The van der Waals surface area contributed by atoms with Crippen molar-refractivity contribution in [3.8, 4) is 0 Å². The van der Waals surface area contributed by atoms with E-state index in [1.54, 1.807) is 0 Å². The number of hydrogen-bond donors (Lipinski definition) is 2. The molecule has 1 atom stereocenters. The lowest BCUT2D eigenvalue weighted by molar-refractivity contribution is 0.168. The van der Waals surface area contributed by atoms with Gasteiger partial charge in [0.1, 0.15) is 11.6 Å². The monoisotopic (exact) mass is 317 g/mol. The molecule has 0 spiro atoms. The number of aliphatic hydroxyl groups excluding tert-OH is 1. The van der Waals surface area contributed by atoms with E-state index in [0.717, 1.165) is 18.2 Å². The normalized spacial score (nSPS) is 13.3. The molecule has 0 bridgehead atoms. The summed E-state index contributed by atoms with van der Waals surface area (Å²) in [5.41, 5.74) is 0.492. The summed E-state index contributed by atoms with van der Waals surface area (Å²) in [7, 11) is -4.32. The number of nitrogens with one attached hydrogen (secondary N) is 1. The van der Waals surface area contributed by atoms with Gasteiger partial charge in [-0.05, 0) is 24.6 Å². The van der Waals surface area contributed by atoms with Crippen LogP contribution in [0.2, 0.25) is 0 Å². The third-order valence-electron chi connectivity index (χ3n) is 2.83. The van der Waals surface area contributed by atoms with Crippen LogP contribution in [-0.4, -0.2) is 20.1 Å². The lowest BCUT2D eigenvalue weighted by Crippen LogP contribution is -2.27. The van der Waals surface area contributed by atoms with Crippen molar-refractivity contribution in [2.45, 2.75) is 17.4 Å². The van der Waals surface area contributed by atoms with Crippen molar-refractivity contribution in [3.05, 3.63) is 54.0 Å². The van der Waals surface area contributed by atoms with E-state index >= 15 is 0 Å². The minimum atomic E-state index is -4.32. The Balaban J connectivity index is 2.02. The molecule has 0 saturated carbocycles. The zero-order chi connectivity index (χ0) is 15.5. The van der Waals surface area contributed by atoms with Gasteiger partial charge in [0.15, 0.2) is 4.90 Å². The Morgan fingerprint density at radius 2 is 1.90 bits per heavy atom. The molecule has 0 fully saturated rings. The van der Waals surface area contributed by atoms with E-state index in [-0.39, 0.29) is 13.0 Å². The first-order valence-corrected chi connectivity index (χ1v) is 7.54. The van der Waals surface area contributed by atoms with Gasteiger partial charge in [0.05, 0.1) is 18.6 Å². The SMILES string of the molecule is O=S(=O)(NCCC(O)c1ccoc1)c1c(F)cccc1F. The van der Waals surface area contributed by atoms with Gasteiger partial charge in [-0.1, -0.05) is 6.07 Å². The minimum absolute atomic E-state index is 0.0365. The van der Waals surface area contributed by atoms with E-state index in [1.807, 2.05) is 0 Å². The average molecular weight is 317 g/mol. The van der Waals surface area contributed by atoms with Gasteiger partial charge >= 0.3 is 0 Å². The lowest BCUT2D eigenvalue weighted by Gasteiger charge is -2.11. The van der Waals surface area contributed by atoms with E-state index in [1.165, 1.54) is 18.6 Å². The van der Waals surface area contributed by atoms with Crippen molar-refractivity contribution in [2.24, 2.45) is 0 Å². The second-order valence-electron chi connectivity index (χ2n) is 4.31. The Bertz CT molecular complexity index is 681. The van der Waals surface area contributed by atoms with Crippen LogP contribution in [0, 0.1) is 11.6 Å². The zero-order valence-corrected chi connectivity index (χ0v) is 11.6. The van der Waals surface area contributed by atoms with Crippen LogP contribution in [0.25, 0.3) is 0 Å². The summed E-state index contributed by atoms with van der Waals surface area (Å²) in [6.45, 7) is -0.178. The first kappa shape index (κ1) is 15.6. The second kappa shape index (κ2) is 6.33. The fourth-order valence-electron chi connectivity index (χ4n) is 1.77. The molecule has 0 amide bonds. The molecule has 5 nitrogen and oxygen atoms in total. The van der Waals surface area contributed by atoms with Crippen LogP contribution >= 0.6 is 0 Å². The second-order valence-corrected chi connectivity index (χ2v) is 6.01. The number of hydrogen-bond acceptors (Lipinski definition) is 4. The molecule has 1 unspecified atom stereocenters. The molecule has 2 N–H and O–H groups in total. The van der Waals surface area contributed by atoms with Crippen LogP contribution in [0.1, 0.15) is 18.1 Å². The van der Waals surface area contributed by atoms with Gasteiger partial charge in [0, 0.05) is 12.1 Å². The Kier molecular flexibility index (Phi) is 4.71. The number of halogens is 2. The molecule has 8 heteroatoms. The van der Waals surface area contributed by atoms with Crippen molar-refractivity contribution < 1.29 is 26.7 Å². The highest BCUT2D eigenvalue weighted by atomic mass is 32.2.